The van der Waals surface area contributed by atoms with Crippen molar-refractivity contribution in [1.29, 1.82) is 0 Å². The van der Waals surface area contributed by atoms with E-state index in [1.807, 2.05) is 22.6 Å². The number of aromatic nitrogens is 4. The third-order valence-corrected chi connectivity index (χ3v) is 7.05. The molecule has 162 valence electrons. The van der Waals surface area contributed by atoms with Gasteiger partial charge in [-0.05, 0) is 37.3 Å². The first kappa shape index (κ1) is 20.2. The van der Waals surface area contributed by atoms with Crippen molar-refractivity contribution in [3.63, 3.8) is 0 Å². The highest BCUT2D eigenvalue weighted by Crippen LogP contribution is 2.27. The van der Waals surface area contributed by atoms with Gasteiger partial charge in [-0.25, -0.2) is 0 Å². The second-order valence-corrected chi connectivity index (χ2v) is 9.04. The van der Waals surface area contributed by atoms with Crippen LogP contribution in [0.4, 0.5) is 0 Å². The molecule has 9 nitrogen and oxygen atoms in total. The molecular weight excluding hydrogens is 414 g/mol. The van der Waals surface area contributed by atoms with Crippen LogP contribution in [-0.4, -0.2) is 49.5 Å². The molecule has 0 radical (unpaired) electrons. The summed E-state index contributed by atoms with van der Waals surface area (Å²) in [7, 11) is 0. The van der Waals surface area contributed by atoms with Gasteiger partial charge < -0.3 is 5.32 Å². The molecule has 1 aliphatic heterocycles. The molecule has 3 aromatic rings. The average Bonchev–Trinajstić information content (AvgIpc) is 3.42. The lowest BCUT2D eigenvalue weighted by atomic mass is 9.83. The van der Waals surface area contributed by atoms with E-state index in [2.05, 4.69) is 32.9 Å². The van der Waals surface area contributed by atoms with E-state index in [0.717, 1.165) is 31.3 Å². The van der Waals surface area contributed by atoms with Crippen molar-refractivity contribution in [2.24, 2.45) is 5.92 Å². The van der Waals surface area contributed by atoms with E-state index in [-0.39, 0.29) is 23.3 Å². The van der Waals surface area contributed by atoms with Crippen LogP contribution >= 0.6 is 11.8 Å². The van der Waals surface area contributed by atoms with Crippen LogP contribution in [0.2, 0.25) is 0 Å². The van der Waals surface area contributed by atoms with Gasteiger partial charge in [-0.2, -0.15) is 0 Å². The van der Waals surface area contributed by atoms with Crippen molar-refractivity contribution in [1.82, 2.24) is 35.3 Å². The zero-order valence-electron chi connectivity index (χ0n) is 17.1. The lowest BCUT2D eigenvalue weighted by Gasteiger charge is -2.31. The third kappa shape index (κ3) is 3.75. The molecule has 0 spiro atoms. The zero-order chi connectivity index (χ0) is 21.4. The first-order valence-electron chi connectivity index (χ1n) is 10.5. The van der Waals surface area contributed by atoms with Gasteiger partial charge in [0, 0.05) is 25.2 Å². The average molecular weight is 440 g/mol. The second-order valence-electron chi connectivity index (χ2n) is 8.10. The number of fused-ring (bicyclic) bond motifs is 4. The summed E-state index contributed by atoms with van der Waals surface area (Å²) in [6.45, 7) is 5.04. The van der Waals surface area contributed by atoms with E-state index in [9.17, 15) is 9.59 Å². The first-order chi connectivity index (χ1) is 15.2. The van der Waals surface area contributed by atoms with Gasteiger partial charge in [-0.3, -0.25) is 29.4 Å². The van der Waals surface area contributed by atoms with E-state index >= 15 is 0 Å². The number of hydrogen-bond acceptors (Lipinski definition) is 7. The Morgan fingerprint density at radius 2 is 2.19 bits per heavy atom. The zero-order valence-corrected chi connectivity index (χ0v) is 17.9. The fourth-order valence-corrected chi connectivity index (χ4v) is 5.40. The summed E-state index contributed by atoms with van der Waals surface area (Å²) in [6.07, 6.45) is 4.71. The number of rotatable bonds is 6. The fraction of sp³-hybridized carbons (Fsp3) is 0.429. The van der Waals surface area contributed by atoms with Crippen LogP contribution in [0.15, 0.2) is 46.9 Å². The third-order valence-electron chi connectivity index (χ3n) is 6.12. The topological polar surface area (TPSA) is 105 Å². The Labute approximate surface area is 183 Å². The number of nitrogens with zero attached hydrogens (tertiary/aromatic N) is 4. The van der Waals surface area contributed by atoms with Gasteiger partial charge in [0.1, 0.15) is 0 Å². The van der Waals surface area contributed by atoms with E-state index in [1.165, 1.54) is 11.8 Å². The normalized spacial score (nSPS) is 23.2. The highest BCUT2D eigenvalue weighted by atomic mass is 32.2. The number of carbonyl (C=O) groups excluding carboxylic acids is 1. The maximum absolute atomic E-state index is 12.9. The molecule has 1 saturated heterocycles. The van der Waals surface area contributed by atoms with Crippen molar-refractivity contribution in [3.8, 4) is 0 Å². The number of hydrazine groups is 1. The van der Waals surface area contributed by atoms with Gasteiger partial charge in [-0.1, -0.05) is 30.0 Å². The SMILES string of the molecule is C=CCn1c(=O)c2ccccc2n2c(SCC(=O)NC3CCC4NNCC4C3)nnc12. The second kappa shape index (κ2) is 8.45. The predicted molar refractivity (Wildman–Crippen MR) is 120 cm³/mol. The van der Waals surface area contributed by atoms with Gasteiger partial charge in [-0.15, -0.1) is 16.8 Å². The molecule has 31 heavy (non-hydrogen) atoms. The molecule has 3 atom stereocenters. The van der Waals surface area contributed by atoms with Crippen LogP contribution in [0.25, 0.3) is 16.7 Å². The number of carbonyl (C=O) groups is 1. The number of para-hydroxylation sites is 1. The van der Waals surface area contributed by atoms with Crippen molar-refractivity contribution in [2.45, 2.75) is 43.0 Å². The molecule has 1 amide bonds. The Morgan fingerprint density at radius 1 is 1.32 bits per heavy atom. The largest absolute Gasteiger partial charge is 0.353 e. The van der Waals surface area contributed by atoms with Crippen LogP contribution in [0, 0.1) is 5.92 Å². The first-order valence-corrected chi connectivity index (χ1v) is 11.5. The highest BCUT2D eigenvalue weighted by molar-refractivity contribution is 7.99. The molecule has 3 unspecified atom stereocenters. The van der Waals surface area contributed by atoms with E-state index < -0.39 is 0 Å². The molecule has 5 rings (SSSR count). The van der Waals surface area contributed by atoms with E-state index in [0.29, 0.717) is 34.8 Å². The molecule has 2 aromatic heterocycles. The van der Waals surface area contributed by atoms with Crippen molar-refractivity contribution >= 4 is 34.3 Å². The maximum Gasteiger partial charge on any atom is 0.263 e. The molecule has 2 aliphatic rings. The van der Waals surface area contributed by atoms with Crippen LogP contribution in [0.5, 0.6) is 0 Å². The molecular formula is C21H25N7O2S. The van der Waals surface area contributed by atoms with Crippen LogP contribution in [0.3, 0.4) is 0 Å². The van der Waals surface area contributed by atoms with Crippen LogP contribution in [-0.2, 0) is 11.3 Å². The number of amides is 1. The van der Waals surface area contributed by atoms with E-state index in [1.54, 1.807) is 16.7 Å². The Morgan fingerprint density at radius 3 is 3.06 bits per heavy atom. The van der Waals surface area contributed by atoms with Gasteiger partial charge in [0.2, 0.25) is 11.7 Å². The van der Waals surface area contributed by atoms with Gasteiger partial charge >= 0.3 is 0 Å². The van der Waals surface area contributed by atoms with Crippen molar-refractivity contribution in [3.05, 3.63) is 47.3 Å². The van der Waals surface area contributed by atoms with Crippen LogP contribution in [0.1, 0.15) is 19.3 Å². The number of benzene rings is 1. The number of allylic oxidation sites excluding steroid dienone is 1. The molecule has 3 N–H and O–H groups in total. The molecule has 1 aliphatic carbocycles. The minimum atomic E-state index is -0.129. The Hall–Kier alpha value is -2.69. The lowest BCUT2D eigenvalue weighted by molar-refractivity contribution is -0.119. The highest BCUT2D eigenvalue weighted by Gasteiger charge is 2.34. The summed E-state index contributed by atoms with van der Waals surface area (Å²) in [5, 5.41) is 12.9. The standard InChI is InChI=1S/C21H25N7O2S/c1-2-9-27-19(30)15-5-3-4-6-17(15)28-20(27)25-26-21(28)31-12-18(29)23-14-7-8-16-13(10-14)11-22-24-16/h2-6,13-14,16,22,24H,1,7-12H2,(H,23,29). The summed E-state index contributed by atoms with van der Waals surface area (Å²) in [5.41, 5.74) is 7.13. The van der Waals surface area contributed by atoms with Gasteiger partial charge in [0.05, 0.1) is 16.7 Å². The Kier molecular flexibility index (Phi) is 5.51. The maximum atomic E-state index is 12.9. The van der Waals surface area contributed by atoms with Crippen LogP contribution < -0.4 is 21.7 Å². The Bertz CT molecular complexity index is 1200. The molecule has 10 heteroatoms. The summed E-state index contributed by atoms with van der Waals surface area (Å²) < 4.78 is 3.40. The summed E-state index contributed by atoms with van der Waals surface area (Å²) in [4.78, 5) is 25.5. The number of hydrogen-bond donors (Lipinski definition) is 3. The van der Waals surface area contributed by atoms with E-state index in [4.69, 9.17) is 0 Å². The fourth-order valence-electron chi connectivity index (χ4n) is 4.65. The monoisotopic (exact) mass is 439 g/mol. The smallest absolute Gasteiger partial charge is 0.263 e. The molecule has 0 bridgehead atoms. The Balaban J connectivity index is 1.35. The van der Waals surface area contributed by atoms with Crippen molar-refractivity contribution < 1.29 is 4.79 Å². The summed E-state index contributed by atoms with van der Waals surface area (Å²) in [6, 6.07) is 8.11. The predicted octanol–water partition coefficient (Wildman–Crippen LogP) is 1.08. The molecule has 1 aromatic carbocycles. The molecule has 2 fully saturated rings. The van der Waals surface area contributed by atoms with Gasteiger partial charge in [0.25, 0.3) is 5.56 Å². The number of nitrogens with one attached hydrogen (secondary N) is 3. The quantitative estimate of drug-likeness (QED) is 0.390. The lowest BCUT2D eigenvalue weighted by Crippen LogP contribution is -2.44. The summed E-state index contributed by atoms with van der Waals surface area (Å²) >= 11 is 1.33. The van der Waals surface area contributed by atoms with Gasteiger partial charge in [0.15, 0.2) is 5.16 Å². The van der Waals surface area contributed by atoms with Crippen molar-refractivity contribution in [2.75, 3.05) is 12.3 Å². The molecule has 1 saturated carbocycles. The summed E-state index contributed by atoms with van der Waals surface area (Å²) in [5.74, 6) is 1.26. The number of thioether (sulfide) groups is 1. The minimum absolute atomic E-state index is 0.00664. The minimum Gasteiger partial charge on any atom is -0.353 e. The molecule has 3 heterocycles.